The number of hydrogen-bond acceptors (Lipinski definition) is 7. The van der Waals surface area contributed by atoms with Crippen LogP contribution in [0.25, 0.3) is 11.6 Å². The predicted molar refractivity (Wildman–Crippen MR) is 131 cm³/mol. The van der Waals surface area contributed by atoms with E-state index in [2.05, 4.69) is 20.7 Å². The molecule has 186 valence electrons. The number of carbonyl (C=O) groups is 2. The third-order valence-electron chi connectivity index (χ3n) is 6.08. The Kier molecular flexibility index (Phi) is 6.86. The number of rotatable bonds is 8. The van der Waals surface area contributed by atoms with Crippen molar-refractivity contribution in [2.45, 2.75) is 51.2 Å². The number of amides is 2. The van der Waals surface area contributed by atoms with Crippen LogP contribution in [-0.4, -0.2) is 38.1 Å². The average molecular weight is 509 g/mol. The van der Waals surface area contributed by atoms with Gasteiger partial charge in [-0.2, -0.15) is 4.80 Å². The van der Waals surface area contributed by atoms with Crippen LogP contribution in [-0.2, 0) is 16.1 Å². The van der Waals surface area contributed by atoms with E-state index < -0.39 is 11.9 Å². The van der Waals surface area contributed by atoms with Crippen molar-refractivity contribution >= 4 is 29.1 Å². The zero-order valence-electron chi connectivity index (χ0n) is 19.6. The van der Waals surface area contributed by atoms with E-state index in [4.69, 9.17) is 20.4 Å². The number of nitrogens with zero attached hydrogens (tertiary/aromatic N) is 5. The number of aryl methyl sites for hydroxylation is 1. The summed E-state index contributed by atoms with van der Waals surface area (Å²) in [7, 11) is 0. The second-order valence-electron chi connectivity index (χ2n) is 8.70. The molecule has 11 heteroatoms. The molecule has 10 nitrogen and oxygen atoms in total. The molecule has 36 heavy (non-hydrogen) atoms. The molecule has 3 aromatic heterocycles. The minimum Gasteiger partial charge on any atom is -0.467 e. The van der Waals surface area contributed by atoms with Crippen molar-refractivity contribution in [3.05, 3.63) is 71.3 Å². The van der Waals surface area contributed by atoms with Gasteiger partial charge in [0.1, 0.15) is 18.1 Å². The lowest BCUT2D eigenvalue weighted by Crippen LogP contribution is -2.47. The summed E-state index contributed by atoms with van der Waals surface area (Å²) >= 11 is 6.10. The number of hydrogen-bond donors (Lipinski definition) is 1. The fraction of sp³-hybridized carbons (Fsp3) is 0.320. The molecule has 1 aliphatic carbocycles. The summed E-state index contributed by atoms with van der Waals surface area (Å²) in [5.74, 6) is 1.01. The first kappa shape index (κ1) is 23.8. The van der Waals surface area contributed by atoms with E-state index >= 15 is 0 Å². The van der Waals surface area contributed by atoms with E-state index in [0.717, 1.165) is 25.7 Å². The molecule has 1 fully saturated rings. The first-order valence-electron chi connectivity index (χ1n) is 11.7. The van der Waals surface area contributed by atoms with Gasteiger partial charge in [-0.15, -0.1) is 10.2 Å². The summed E-state index contributed by atoms with van der Waals surface area (Å²) in [5.41, 5.74) is 0.481. The van der Waals surface area contributed by atoms with Gasteiger partial charge in [0.15, 0.2) is 11.8 Å². The number of tetrazole rings is 1. The summed E-state index contributed by atoms with van der Waals surface area (Å²) < 4.78 is 11.2. The molecule has 0 unspecified atom stereocenters. The third kappa shape index (κ3) is 5.18. The quantitative estimate of drug-likeness (QED) is 0.376. The molecule has 1 aromatic carbocycles. The van der Waals surface area contributed by atoms with Crippen molar-refractivity contribution in [1.82, 2.24) is 25.5 Å². The van der Waals surface area contributed by atoms with Crippen LogP contribution < -0.4 is 10.2 Å². The van der Waals surface area contributed by atoms with Crippen molar-refractivity contribution in [2.24, 2.45) is 0 Å². The van der Waals surface area contributed by atoms with Crippen molar-refractivity contribution in [1.29, 1.82) is 0 Å². The van der Waals surface area contributed by atoms with E-state index in [-0.39, 0.29) is 24.3 Å². The molecule has 0 aliphatic heterocycles. The second-order valence-corrected chi connectivity index (χ2v) is 9.14. The van der Waals surface area contributed by atoms with E-state index in [0.29, 0.717) is 28.0 Å². The van der Waals surface area contributed by atoms with Gasteiger partial charge in [0.05, 0.1) is 6.26 Å². The van der Waals surface area contributed by atoms with Gasteiger partial charge in [-0.1, -0.05) is 24.4 Å². The maximum atomic E-state index is 13.7. The molecule has 4 aromatic rings. The van der Waals surface area contributed by atoms with Crippen LogP contribution >= 0.6 is 11.6 Å². The van der Waals surface area contributed by atoms with Crippen LogP contribution in [0.4, 0.5) is 5.69 Å². The first-order chi connectivity index (χ1) is 17.5. The Bertz CT molecular complexity index is 1320. The van der Waals surface area contributed by atoms with Gasteiger partial charge in [-0.3, -0.25) is 14.5 Å². The number of benzene rings is 1. The van der Waals surface area contributed by atoms with Crippen LogP contribution in [0.15, 0.2) is 63.6 Å². The average Bonchev–Trinajstić information content (AvgIpc) is 3.66. The maximum Gasteiger partial charge on any atom is 0.251 e. The number of anilines is 1. The molecule has 1 saturated carbocycles. The largest absolute Gasteiger partial charge is 0.467 e. The van der Waals surface area contributed by atoms with Gasteiger partial charge in [-0.25, -0.2) is 0 Å². The highest BCUT2D eigenvalue weighted by Gasteiger charge is 2.36. The Morgan fingerprint density at radius 2 is 1.94 bits per heavy atom. The molecule has 5 rings (SSSR count). The molecular weight excluding hydrogens is 484 g/mol. The molecule has 2 amide bonds. The predicted octanol–water partition coefficient (Wildman–Crippen LogP) is 4.32. The highest BCUT2D eigenvalue weighted by atomic mass is 35.5. The van der Waals surface area contributed by atoms with Crippen LogP contribution in [0.5, 0.6) is 0 Å². The molecule has 3 heterocycles. The molecule has 1 atom stereocenters. The third-order valence-corrected chi connectivity index (χ3v) is 6.34. The van der Waals surface area contributed by atoms with Gasteiger partial charge in [0.25, 0.3) is 11.8 Å². The molecule has 1 aliphatic rings. The Morgan fingerprint density at radius 3 is 2.61 bits per heavy atom. The van der Waals surface area contributed by atoms with E-state index in [1.54, 1.807) is 48.5 Å². The van der Waals surface area contributed by atoms with Gasteiger partial charge in [-0.05, 0) is 73.5 Å². The highest BCUT2D eigenvalue weighted by molar-refractivity contribution is 6.30. The summed E-state index contributed by atoms with van der Waals surface area (Å²) in [4.78, 5) is 29.9. The Balaban J connectivity index is 1.47. The summed E-state index contributed by atoms with van der Waals surface area (Å²) in [5, 5.41) is 15.9. The fourth-order valence-electron chi connectivity index (χ4n) is 4.37. The number of furan rings is 2. The lowest BCUT2D eigenvalue weighted by Gasteiger charge is -2.30. The van der Waals surface area contributed by atoms with Crippen molar-refractivity contribution in [3.8, 4) is 11.6 Å². The monoisotopic (exact) mass is 508 g/mol. The van der Waals surface area contributed by atoms with Gasteiger partial charge >= 0.3 is 0 Å². The minimum atomic E-state index is -1.04. The first-order valence-corrected chi connectivity index (χ1v) is 12.1. The molecule has 1 N–H and O–H groups in total. The van der Waals surface area contributed by atoms with Gasteiger partial charge in [0, 0.05) is 16.8 Å². The van der Waals surface area contributed by atoms with Gasteiger partial charge in [0.2, 0.25) is 5.82 Å². The minimum absolute atomic E-state index is 0.0634. The fourth-order valence-corrected chi connectivity index (χ4v) is 4.50. The maximum absolute atomic E-state index is 13.7. The van der Waals surface area contributed by atoms with Gasteiger partial charge < -0.3 is 14.2 Å². The molecule has 0 spiro atoms. The van der Waals surface area contributed by atoms with E-state index in [1.165, 1.54) is 16.0 Å². The number of carbonyl (C=O) groups excluding carboxylic acids is 2. The van der Waals surface area contributed by atoms with E-state index in [9.17, 15) is 9.59 Å². The molecule has 0 saturated heterocycles. The van der Waals surface area contributed by atoms with Crippen molar-refractivity contribution in [2.75, 3.05) is 4.90 Å². The number of halogens is 1. The van der Waals surface area contributed by atoms with Crippen LogP contribution in [0, 0.1) is 6.92 Å². The number of nitrogens with one attached hydrogen (secondary N) is 1. The van der Waals surface area contributed by atoms with Crippen molar-refractivity contribution < 1.29 is 18.4 Å². The lowest BCUT2D eigenvalue weighted by molar-refractivity contribution is -0.128. The summed E-state index contributed by atoms with van der Waals surface area (Å²) in [6.45, 7) is 1.55. The van der Waals surface area contributed by atoms with Crippen LogP contribution in [0.1, 0.15) is 43.2 Å². The Hall–Kier alpha value is -3.92. The summed E-state index contributed by atoms with van der Waals surface area (Å²) in [6.07, 6.45) is 5.41. The van der Waals surface area contributed by atoms with Crippen LogP contribution in [0.2, 0.25) is 5.02 Å². The zero-order valence-corrected chi connectivity index (χ0v) is 20.4. The van der Waals surface area contributed by atoms with E-state index in [1.807, 2.05) is 6.92 Å². The van der Waals surface area contributed by atoms with Crippen molar-refractivity contribution in [3.63, 3.8) is 0 Å². The molecule has 0 bridgehead atoms. The number of aromatic nitrogens is 4. The Labute approximate surface area is 212 Å². The smallest absolute Gasteiger partial charge is 0.251 e. The lowest BCUT2D eigenvalue weighted by atomic mass is 10.1. The Morgan fingerprint density at radius 1 is 1.17 bits per heavy atom. The van der Waals surface area contributed by atoms with Crippen LogP contribution in [0.3, 0.4) is 0 Å². The molecular formula is C25H25ClN6O4. The molecule has 0 radical (unpaired) electrons. The summed E-state index contributed by atoms with van der Waals surface area (Å²) in [6, 6.07) is 12.6. The standard InChI is InChI=1S/C25H25ClN6O4/c1-16-8-13-21(36-16)24-28-30-31(29-24)15-22(33)32(19-11-9-17(26)10-12-19)23(20-7-4-14-35-20)25(34)27-18-5-2-3-6-18/h4,7-14,18,23H,2-3,5-6,15H2,1H3,(H,27,34)/t23-/m1/s1. The highest BCUT2D eigenvalue weighted by Crippen LogP contribution is 2.31. The SMILES string of the molecule is Cc1ccc(-c2nnn(CC(=O)N(c3ccc(Cl)cc3)[C@@H](C(=O)NC3CCCC3)c3ccco3)n2)o1. The normalized spacial score (nSPS) is 14.6. The zero-order chi connectivity index (χ0) is 25.1. The topological polar surface area (TPSA) is 119 Å². The second kappa shape index (κ2) is 10.4.